The summed E-state index contributed by atoms with van der Waals surface area (Å²) in [5, 5.41) is 8.88. The largest absolute Gasteiger partial charge is 0.462 e. The molecule has 3 rings (SSSR count). The lowest BCUT2D eigenvalue weighted by atomic mass is 9.92. The number of unbranched alkanes of at least 4 members (excludes halogenated alkanes) is 2. The van der Waals surface area contributed by atoms with Crippen molar-refractivity contribution in [1.29, 1.82) is 0 Å². The molecule has 0 fully saturated rings. The van der Waals surface area contributed by atoms with Gasteiger partial charge in [-0.2, -0.15) is 0 Å². The fraction of sp³-hybridized carbons (Fsp3) is 0.364. The summed E-state index contributed by atoms with van der Waals surface area (Å²) in [6.07, 6.45) is 7.81. The molecule has 3 heteroatoms. The zero-order valence-corrected chi connectivity index (χ0v) is 21.9. The topological polar surface area (TPSA) is 46.5 Å². The van der Waals surface area contributed by atoms with Crippen LogP contribution in [0.4, 0.5) is 0 Å². The highest BCUT2D eigenvalue weighted by atomic mass is 16.5. The molecule has 0 aliphatic heterocycles. The maximum atomic E-state index is 11.8. The maximum Gasteiger partial charge on any atom is 0.333 e. The second-order valence-electron chi connectivity index (χ2n) is 9.39. The van der Waals surface area contributed by atoms with Crippen LogP contribution in [0.2, 0.25) is 0 Å². The van der Waals surface area contributed by atoms with Gasteiger partial charge in [0.05, 0.1) is 6.61 Å². The summed E-state index contributed by atoms with van der Waals surface area (Å²) in [7, 11) is 0. The molecule has 0 heterocycles. The van der Waals surface area contributed by atoms with Gasteiger partial charge in [-0.25, -0.2) is 4.79 Å². The third-order valence-electron chi connectivity index (χ3n) is 6.65. The molecule has 0 amide bonds. The van der Waals surface area contributed by atoms with E-state index in [9.17, 15) is 4.79 Å². The Hall–Kier alpha value is -3.17. The summed E-state index contributed by atoms with van der Waals surface area (Å²) in [4.78, 5) is 11.8. The Kier molecular flexibility index (Phi) is 11.0. The van der Waals surface area contributed by atoms with Crippen molar-refractivity contribution < 1.29 is 14.6 Å². The lowest BCUT2D eigenvalue weighted by Crippen LogP contribution is -2.09. The number of hydrogen-bond acceptors (Lipinski definition) is 3. The van der Waals surface area contributed by atoms with Crippen LogP contribution in [0.1, 0.15) is 62.6 Å². The number of benzene rings is 3. The van der Waals surface area contributed by atoms with Crippen LogP contribution in [0.5, 0.6) is 0 Å². The Bertz CT molecular complexity index is 1110. The van der Waals surface area contributed by atoms with Crippen molar-refractivity contribution in [2.24, 2.45) is 0 Å². The van der Waals surface area contributed by atoms with E-state index < -0.39 is 5.97 Å². The van der Waals surface area contributed by atoms with Gasteiger partial charge in [0.1, 0.15) is 0 Å². The maximum absolute atomic E-state index is 11.8. The molecule has 0 unspecified atom stereocenters. The van der Waals surface area contributed by atoms with Crippen LogP contribution < -0.4 is 0 Å². The first-order valence-corrected chi connectivity index (χ1v) is 13.3. The Morgan fingerprint density at radius 3 is 2.03 bits per heavy atom. The minimum absolute atomic E-state index is 0.0883. The summed E-state index contributed by atoms with van der Waals surface area (Å²) in [5.41, 5.74) is 9.35. The quantitative estimate of drug-likeness (QED) is 0.145. The van der Waals surface area contributed by atoms with Crippen molar-refractivity contribution in [2.75, 3.05) is 13.2 Å². The van der Waals surface area contributed by atoms with Crippen molar-refractivity contribution in [3.05, 3.63) is 95.6 Å². The molecule has 3 aromatic rings. The van der Waals surface area contributed by atoms with E-state index in [0.717, 1.165) is 25.7 Å². The molecule has 190 valence electrons. The number of aliphatic hydroxyl groups is 1. The van der Waals surface area contributed by atoms with E-state index in [1.54, 1.807) is 0 Å². The van der Waals surface area contributed by atoms with Crippen molar-refractivity contribution in [3.8, 4) is 22.3 Å². The molecule has 0 aromatic heterocycles. The van der Waals surface area contributed by atoms with E-state index in [0.29, 0.717) is 12.2 Å². The van der Waals surface area contributed by atoms with Gasteiger partial charge >= 0.3 is 5.97 Å². The van der Waals surface area contributed by atoms with Crippen LogP contribution in [-0.2, 0) is 28.8 Å². The van der Waals surface area contributed by atoms with Gasteiger partial charge in [0.25, 0.3) is 0 Å². The number of hydrogen-bond donors (Lipinski definition) is 1. The second-order valence-corrected chi connectivity index (χ2v) is 9.39. The predicted octanol–water partition coefficient (Wildman–Crippen LogP) is 7.73. The molecule has 36 heavy (non-hydrogen) atoms. The molecule has 0 spiro atoms. The zero-order valence-electron chi connectivity index (χ0n) is 21.9. The Morgan fingerprint density at radius 2 is 1.42 bits per heavy atom. The number of esters is 1. The molecule has 0 atom stereocenters. The first-order valence-electron chi connectivity index (χ1n) is 13.3. The van der Waals surface area contributed by atoms with Crippen molar-refractivity contribution in [3.63, 3.8) is 0 Å². The normalized spacial score (nSPS) is 10.9. The highest BCUT2D eigenvalue weighted by Gasteiger charge is 2.09. The SMILES string of the molecule is C=C(CCO)C(=O)OCCCc1ccc(-c2ccc(-c3ccc(CCCCC)cc3)cc2CC)cc1. The first kappa shape index (κ1) is 27.4. The first-order chi connectivity index (χ1) is 17.5. The van der Waals surface area contributed by atoms with Gasteiger partial charge in [-0.1, -0.05) is 100.0 Å². The van der Waals surface area contributed by atoms with E-state index in [1.807, 2.05) is 0 Å². The van der Waals surface area contributed by atoms with Gasteiger partial charge in [-0.3, -0.25) is 0 Å². The fourth-order valence-corrected chi connectivity index (χ4v) is 4.42. The van der Waals surface area contributed by atoms with Crippen molar-refractivity contribution >= 4 is 5.97 Å². The van der Waals surface area contributed by atoms with Crippen LogP contribution in [0.3, 0.4) is 0 Å². The third kappa shape index (κ3) is 7.93. The highest BCUT2D eigenvalue weighted by Crippen LogP contribution is 2.30. The molecule has 0 aliphatic carbocycles. The lowest BCUT2D eigenvalue weighted by Gasteiger charge is -2.12. The van der Waals surface area contributed by atoms with E-state index in [1.165, 1.54) is 58.2 Å². The molecule has 0 radical (unpaired) electrons. The standard InChI is InChI=1S/C33H40O3/c1-4-6-7-9-26-11-15-29(16-12-26)31-19-20-32(28(5-2)24-31)30-17-13-27(14-18-30)10-8-23-36-33(35)25(3)21-22-34/h11-20,24,34H,3-10,21-23H2,1-2H3. The average Bonchev–Trinajstić information content (AvgIpc) is 2.91. The molecular weight excluding hydrogens is 444 g/mol. The molecule has 3 aromatic carbocycles. The minimum Gasteiger partial charge on any atom is -0.462 e. The van der Waals surface area contributed by atoms with Crippen LogP contribution in [0, 0.1) is 0 Å². The molecule has 0 bridgehead atoms. The number of ether oxygens (including phenoxy) is 1. The summed E-state index contributed by atoms with van der Waals surface area (Å²) in [6.45, 7) is 8.36. The van der Waals surface area contributed by atoms with Gasteiger partial charge in [-0.05, 0) is 71.0 Å². The van der Waals surface area contributed by atoms with Gasteiger partial charge < -0.3 is 9.84 Å². The number of carbonyl (C=O) groups excluding carboxylic acids is 1. The molecule has 1 N–H and O–H groups in total. The summed E-state index contributed by atoms with van der Waals surface area (Å²) in [5.74, 6) is -0.419. The van der Waals surface area contributed by atoms with Crippen molar-refractivity contribution in [2.45, 2.75) is 65.2 Å². The average molecular weight is 485 g/mol. The second kappa shape index (κ2) is 14.4. The molecular formula is C33H40O3. The monoisotopic (exact) mass is 484 g/mol. The van der Waals surface area contributed by atoms with Gasteiger partial charge in [0, 0.05) is 18.6 Å². The fourth-order valence-electron chi connectivity index (χ4n) is 4.42. The number of rotatable bonds is 14. The van der Waals surface area contributed by atoms with Crippen LogP contribution in [-0.4, -0.2) is 24.3 Å². The van der Waals surface area contributed by atoms with Crippen LogP contribution in [0.15, 0.2) is 78.9 Å². The molecule has 3 nitrogen and oxygen atoms in total. The number of aryl methyl sites for hydroxylation is 3. The van der Waals surface area contributed by atoms with Gasteiger partial charge in [0.15, 0.2) is 0 Å². The Morgan fingerprint density at radius 1 is 0.806 bits per heavy atom. The third-order valence-corrected chi connectivity index (χ3v) is 6.65. The summed E-state index contributed by atoms with van der Waals surface area (Å²) in [6, 6.07) is 24.5. The van der Waals surface area contributed by atoms with Gasteiger partial charge in [0.2, 0.25) is 0 Å². The van der Waals surface area contributed by atoms with Crippen LogP contribution in [0.25, 0.3) is 22.3 Å². The smallest absolute Gasteiger partial charge is 0.333 e. The Balaban J connectivity index is 1.60. The van der Waals surface area contributed by atoms with E-state index in [2.05, 4.69) is 87.2 Å². The van der Waals surface area contributed by atoms with E-state index in [-0.39, 0.29) is 13.0 Å². The zero-order chi connectivity index (χ0) is 25.8. The molecule has 0 saturated heterocycles. The van der Waals surface area contributed by atoms with Gasteiger partial charge in [-0.15, -0.1) is 0 Å². The summed E-state index contributed by atoms with van der Waals surface area (Å²) >= 11 is 0. The number of carbonyl (C=O) groups is 1. The summed E-state index contributed by atoms with van der Waals surface area (Å²) < 4.78 is 5.23. The lowest BCUT2D eigenvalue weighted by molar-refractivity contribution is -0.139. The van der Waals surface area contributed by atoms with E-state index >= 15 is 0 Å². The number of aliphatic hydroxyl groups excluding tert-OH is 1. The highest BCUT2D eigenvalue weighted by molar-refractivity contribution is 5.87. The van der Waals surface area contributed by atoms with E-state index in [4.69, 9.17) is 9.84 Å². The minimum atomic E-state index is -0.419. The molecule has 0 aliphatic rings. The molecule has 0 saturated carbocycles. The predicted molar refractivity (Wildman–Crippen MR) is 150 cm³/mol. The van der Waals surface area contributed by atoms with Crippen molar-refractivity contribution in [1.82, 2.24) is 0 Å². The Labute approximate surface area is 216 Å². The van der Waals surface area contributed by atoms with Crippen LogP contribution >= 0.6 is 0 Å².